The fourth-order valence-corrected chi connectivity index (χ4v) is 2.42. The summed E-state index contributed by atoms with van der Waals surface area (Å²) in [7, 11) is 0. The van der Waals surface area contributed by atoms with Crippen molar-refractivity contribution in [2.24, 2.45) is 0 Å². The Labute approximate surface area is 131 Å². The Bertz CT molecular complexity index is 525. The van der Waals surface area contributed by atoms with Crippen LogP contribution >= 0.6 is 0 Å². The number of anilines is 1. The standard InChI is InChI=1S/C16H24N4O2/c1-11(2)19-16(22)20-13-6-3-5-12(9-13)15(21)18-10-14-7-4-8-17-14/h3,5-6,9,11,14,17H,4,7-8,10H2,1-2H3,(H,18,21)(H2,19,20,22). The molecule has 0 spiro atoms. The van der Waals surface area contributed by atoms with Gasteiger partial charge in [0.1, 0.15) is 0 Å². The van der Waals surface area contributed by atoms with Crippen LogP contribution in [-0.4, -0.2) is 37.1 Å². The van der Waals surface area contributed by atoms with Gasteiger partial charge in [0.25, 0.3) is 5.91 Å². The van der Waals surface area contributed by atoms with Crippen molar-refractivity contribution < 1.29 is 9.59 Å². The van der Waals surface area contributed by atoms with Gasteiger partial charge in [-0.3, -0.25) is 4.79 Å². The summed E-state index contributed by atoms with van der Waals surface area (Å²) >= 11 is 0. The third-order valence-electron chi connectivity index (χ3n) is 3.47. The number of hydrogen-bond donors (Lipinski definition) is 4. The van der Waals surface area contributed by atoms with Crippen molar-refractivity contribution in [2.75, 3.05) is 18.4 Å². The quantitative estimate of drug-likeness (QED) is 0.668. The zero-order valence-electron chi connectivity index (χ0n) is 13.1. The Kier molecular flexibility index (Phi) is 5.77. The first-order valence-corrected chi connectivity index (χ1v) is 7.74. The molecule has 1 unspecified atom stereocenters. The van der Waals surface area contributed by atoms with Crippen molar-refractivity contribution in [2.45, 2.75) is 38.8 Å². The number of urea groups is 1. The van der Waals surface area contributed by atoms with Gasteiger partial charge in [-0.15, -0.1) is 0 Å². The molecule has 22 heavy (non-hydrogen) atoms. The lowest BCUT2D eigenvalue weighted by Crippen LogP contribution is -2.37. The second-order valence-electron chi connectivity index (χ2n) is 5.84. The molecule has 6 heteroatoms. The van der Waals surface area contributed by atoms with Crippen LogP contribution in [0.25, 0.3) is 0 Å². The third kappa shape index (κ3) is 5.04. The van der Waals surface area contributed by atoms with Crippen molar-refractivity contribution in [3.05, 3.63) is 29.8 Å². The van der Waals surface area contributed by atoms with Crippen molar-refractivity contribution in [3.63, 3.8) is 0 Å². The van der Waals surface area contributed by atoms with Gasteiger partial charge >= 0.3 is 6.03 Å². The molecule has 1 saturated heterocycles. The lowest BCUT2D eigenvalue weighted by atomic mass is 10.1. The smallest absolute Gasteiger partial charge is 0.319 e. The highest BCUT2D eigenvalue weighted by molar-refractivity contribution is 5.96. The number of rotatable bonds is 5. The largest absolute Gasteiger partial charge is 0.350 e. The molecule has 3 amide bonds. The molecule has 1 aliphatic rings. The van der Waals surface area contributed by atoms with Crippen LogP contribution in [0.2, 0.25) is 0 Å². The minimum atomic E-state index is -0.275. The number of carbonyl (C=O) groups is 2. The molecule has 4 N–H and O–H groups in total. The third-order valence-corrected chi connectivity index (χ3v) is 3.47. The molecule has 0 aliphatic carbocycles. The van der Waals surface area contributed by atoms with Crippen LogP contribution in [0, 0.1) is 0 Å². The second-order valence-corrected chi connectivity index (χ2v) is 5.84. The van der Waals surface area contributed by atoms with Crippen molar-refractivity contribution in [1.82, 2.24) is 16.0 Å². The van der Waals surface area contributed by atoms with E-state index in [-0.39, 0.29) is 18.0 Å². The summed E-state index contributed by atoms with van der Waals surface area (Å²) < 4.78 is 0. The van der Waals surface area contributed by atoms with E-state index in [0.717, 1.165) is 19.4 Å². The second kappa shape index (κ2) is 7.79. The molecule has 1 heterocycles. The molecule has 1 fully saturated rings. The summed E-state index contributed by atoms with van der Waals surface area (Å²) in [4.78, 5) is 23.8. The lowest BCUT2D eigenvalue weighted by Gasteiger charge is -2.13. The van der Waals surface area contributed by atoms with E-state index >= 15 is 0 Å². The van der Waals surface area contributed by atoms with Crippen LogP contribution in [0.15, 0.2) is 24.3 Å². The van der Waals surface area contributed by atoms with Gasteiger partial charge in [-0.2, -0.15) is 0 Å². The van der Waals surface area contributed by atoms with Crippen LogP contribution in [-0.2, 0) is 0 Å². The first-order chi connectivity index (χ1) is 10.5. The van der Waals surface area contributed by atoms with Crippen LogP contribution < -0.4 is 21.3 Å². The van der Waals surface area contributed by atoms with Crippen molar-refractivity contribution in [1.29, 1.82) is 0 Å². The van der Waals surface area contributed by atoms with Gasteiger partial charge in [-0.25, -0.2) is 4.79 Å². The summed E-state index contributed by atoms with van der Waals surface area (Å²) in [5, 5.41) is 11.7. The number of hydrogen-bond acceptors (Lipinski definition) is 3. The van der Waals surface area contributed by atoms with E-state index in [1.54, 1.807) is 24.3 Å². The summed E-state index contributed by atoms with van der Waals surface area (Å²) in [5.74, 6) is -0.124. The number of nitrogens with one attached hydrogen (secondary N) is 4. The Morgan fingerprint density at radius 1 is 1.36 bits per heavy atom. The molecule has 1 aromatic rings. The van der Waals surface area contributed by atoms with E-state index in [1.807, 2.05) is 13.8 Å². The summed E-state index contributed by atoms with van der Waals surface area (Å²) in [6.45, 7) is 5.43. The van der Waals surface area contributed by atoms with Crippen LogP contribution in [0.4, 0.5) is 10.5 Å². The van der Waals surface area contributed by atoms with Crippen LogP contribution in [0.3, 0.4) is 0 Å². The highest BCUT2D eigenvalue weighted by Crippen LogP contribution is 2.11. The van der Waals surface area contributed by atoms with Gasteiger partial charge in [0, 0.05) is 29.9 Å². The number of benzene rings is 1. The first kappa shape index (κ1) is 16.3. The maximum absolute atomic E-state index is 12.1. The SMILES string of the molecule is CC(C)NC(=O)Nc1cccc(C(=O)NCC2CCCN2)c1. The average molecular weight is 304 g/mol. The fourth-order valence-electron chi connectivity index (χ4n) is 2.42. The van der Waals surface area contributed by atoms with E-state index in [0.29, 0.717) is 23.8 Å². The molecular weight excluding hydrogens is 280 g/mol. The molecule has 2 rings (SSSR count). The molecule has 0 bridgehead atoms. The average Bonchev–Trinajstić information content (AvgIpc) is 2.97. The predicted molar refractivity (Wildman–Crippen MR) is 87.1 cm³/mol. The molecule has 0 radical (unpaired) electrons. The normalized spacial score (nSPS) is 17.3. The molecule has 120 valence electrons. The minimum absolute atomic E-state index is 0.0605. The molecule has 1 aromatic carbocycles. The van der Waals surface area contributed by atoms with E-state index in [4.69, 9.17) is 0 Å². The van der Waals surface area contributed by atoms with Gasteiger partial charge in [-0.05, 0) is 51.4 Å². The van der Waals surface area contributed by atoms with E-state index < -0.39 is 0 Å². The van der Waals surface area contributed by atoms with Gasteiger partial charge in [0.15, 0.2) is 0 Å². The molecule has 0 saturated carbocycles. The van der Waals surface area contributed by atoms with Crippen molar-refractivity contribution >= 4 is 17.6 Å². The van der Waals surface area contributed by atoms with Crippen molar-refractivity contribution in [3.8, 4) is 0 Å². The molecule has 1 atom stereocenters. The Morgan fingerprint density at radius 2 is 2.18 bits per heavy atom. The summed E-state index contributed by atoms with van der Waals surface area (Å²) in [5.41, 5.74) is 1.14. The maximum Gasteiger partial charge on any atom is 0.319 e. The van der Waals surface area contributed by atoms with Gasteiger partial charge < -0.3 is 21.3 Å². The van der Waals surface area contributed by atoms with Crippen LogP contribution in [0.1, 0.15) is 37.0 Å². The Hall–Kier alpha value is -2.08. The Morgan fingerprint density at radius 3 is 2.86 bits per heavy atom. The highest BCUT2D eigenvalue weighted by atomic mass is 16.2. The number of amides is 3. The Balaban J connectivity index is 1.89. The zero-order valence-corrected chi connectivity index (χ0v) is 13.1. The topological polar surface area (TPSA) is 82.3 Å². The molecule has 1 aliphatic heterocycles. The first-order valence-electron chi connectivity index (χ1n) is 7.74. The summed E-state index contributed by atoms with van der Waals surface area (Å²) in [6.07, 6.45) is 2.25. The molecular formula is C16H24N4O2. The van der Waals surface area contributed by atoms with E-state index in [9.17, 15) is 9.59 Å². The maximum atomic E-state index is 12.1. The van der Waals surface area contributed by atoms with Crippen LogP contribution in [0.5, 0.6) is 0 Å². The summed E-state index contributed by atoms with van der Waals surface area (Å²) in [6, 6.07) is 7.08. The van der Waals surface area contributed by atoms with Gasteiger partial charge in [0.2, 0.25) is 0 Å². The van der Waals surface area contributed by atoms with Gasteiger partial charge in [-0.1, -0.05) is 6.07 Å². The number of carbonyl (C=O) groups excluding carboxylic acids is 2. The lowest BCUT2D eigenvalue weighted by molar-refractivity contribution is 0.0950. The zero-order chi connectivity index (χ0) is 15.9. The van der Waals surface area contributed by atoms with E-state index in [2.05, 4.69) is 21.3 Å². The fraction of sp³-hybridized carbons (Fsp3) is 0.500. The molecule has 6 nitrogen and oxygen atoms in total. The monoisotopic (exact) mass is 304 g/mol. The van der Waals surface area contributed by atoms with Gasteiger partial charge in [0.05, 0.1) is 0 Å². The minimum Gasteiger partial charge on any atom is -0.350 e. The van der Waals surface area contributed by atoms with E-state index in [1.165, 1.54) is 0 Å². The highest BCUT2D eigenvalue weighted by Gasteiger charge is 2.15. The predicted octanol–water partition coefficient (Wildman–Crippen LogP) is 1.70. The molecule has 0 aromatic heterocycles.